The molecule has 2 heterocycles. The fraction of sp³-hybridized carbons (Fsp3) is 0.407. The molecule has 0 atom stereocenters. The molecule has 0 saturated carbocycles. The molecule has 36 heavy (non-hydrogen) atoms. The van der Waals surface area contributed by atoms with E-state index in [2.05, 4.69) is 10.2 Å². The third-order valence-corrected chi connectivity index (χ3v) is 7.42. The minimum absolute atomic E-state index is 0.121. The van der Waals surface area contributed by atoms with Crippen molar-refractivity contribution in [3.8, 4) is 0 Å². The van der Waals surface area contributed by atoms with Gasteiger partial charge in [0, 0.05) is 11.4 Å². The highest BCUT2D eigenvalue weighted by Gasteiger charge is 2.31. The predicted molar refractivity (Wildman–Crippen MR) is 137 cm³/mol. The molecule has 2 amide bonds. The summed E-state index contributed by atoms with van der Waals surface area (Å²) in [5, 5.41) is 2.93. The first-order valence-corrected chi connectivity index (χ1v) is 13.1. The Hall–Kier alpha value is -2.78. The number of halogens is 3. The molecule has 1 N–H and O–H groups in total. The summed E-state index contributed by atoms with van der Waals surface area (Å²) >= 11 is 1.25. The zero-order valence-corrected chi connectivity index (χ0v) is 20.8. The lowest BCUT2D eigenvalue weighted by Crippen LogP contribution is -2.43. The fourth-order valence-electron chi connectivity index (χ4n) is 4.43. The van der Waals surface area contributed by atoms with Crippen LogP contribution in [0.3, 0.4) is 0 Å². The van der Waals surface area contributed by atoms with Gasteiger partial charge in [0.2, 0.25) is 5.91 Å². The average molecular weight is 518 g/mol. The van der Waals surface area contributed by atoms with Crippen LogP contribution in [-0.4, -0.2) is 49.4 Å². The molecule has 0 aromatic heterocycles. The molecule has 0 radical (unpaired) electrons. The standard InChI is InChI=1S/C27H30F3N3O2S/c28-27(29,30)21-12-10-20(11-13-21)18-24-26(35)33(22-8-3-4-9-23(22)36-24)19-25(34)31-14-7-17-32-15-5-1-2-6-16-32/h3-4,8-13,18H,1-2,5-7,14-17,19H2,(H,31,34)/b24-18-. The minimum Gasteiger partial charge on any atom is -0.355 e. The van der Waals surface area contributed by atoms with Gasteiger partial charge in [-0.1, -0.05) is 48.9 Å². The van der Waals surface area contributed by atoms with Crippen molar-refractivity contribution in [3.05, 3.63) is 64.6 Å². The smallest absolute Gasteiger partial charge is 0.355 e. The Morgan fingerprint density at radius 1 is 1.00 bits per heavy atom. The zero-order valence-electron chi connectivity index (χ0n) is 20.0. The van der Waals surface area contributed by atoms with E-state index in [1.807, 2.05) is 18.2 Å². The van der Waals surface area contributed by atoms with Gasteiger partial charge in [-0.3, -0.25) is 14.5 Å². The number of nitrogens with zero attached hydrogens (tertiary/aromatic N) is 2. The zero-order chi connectivity index (χ0) is 25.5. The number of hydrogen-bond donors (Lipinski definition) is 1. The SMILES string of the molecule is O=C(CN1C(=O)/C(=C/c2ccc(C(F)(F)F)cc2)Sc2ccccc21)NCCCN1CCCCCC1. The van der Waals surface area contributed by atoms with E-state index in [4.69, 9.17) is 0 Å². The first-order chi connectivity index (χ1) is 17.3. The van der Waals surface area contributed by atoms with Crippen LogP contribution in [0.2, 0.25) is 0 Å². The largest absolute Gasteiger partial charge is 0.416 e. The average Bonchev–Trinajstić information content (AvgIpc) is 3.13. The van der Waals surface area contributed by atoms with Crippen LogP contribution in [0.4, 0.5) is 18.9 Å². The molecule has 9 heteroatoms. The second-order valence-electron chi connectivity index (χ2n) is 9.05. The van der Waals surface area contributed by atoms with Gasteiger partial charge in [-0.15, -0.1) is 0 Å². The van der Waals surface area contributed by atoms with E-state index in [-0.39, 0.29) is 18.4 Å². The summed E-state index contributed by atoms with van der Waals surface area (Å²) in [5.41, 5.74) is 0.389. The van der Waals surface area contributed by atoms with Crippen molar-refractivity contribution in [1.82, 2.24) is 10.2 Å². The maximum absolute atomic E-state index is 13.3. The summed E-state index contributed by atoms with van der Waals surface area (Å²) in [6.45, 7) is 3.59. The summed E-state index contributed by atoms with van der Waals surface area (Å²) in [6.07, 6.45) is 3.02. The minimum atomic E-state index is -4.42. The number of para-hydroxylation sites is 1. The van der Waals surface area contributed by atoms with Crippen LogP contribution in [0.15, 0.2) is 58.3 Å². The summed E-state index contributed by atoms with van der Waals surface area (Å²) in [7, 11) is 0. The van der Waals surface area contributed by atoms with E-state index >= 15 is 0 Å². The molecule has 0 aliphatic carbocycles. The number of rotatable bonds is 7. The molecule has 0 unspecified atom stereocenters. The summed E-state index contributed by atoms with van der Waals surface area (Å²) in [4.78, 5) is 31.1. The van der Waals surface area contributed by atoms with E-state index in [9.17, 15) is 22.8 Å². The van der Waals surface area contributed by atoms with Gasteiger partial charge in [-0.05, 0) is 74.8 Å². The van der Waals surface area contributed by atoms with Crippen LogP contribution < -0.4 is 10.2 Å². The number of fused-ring (bicyclic) bond motifs is 1. The van der Waals surface area contributed by atoms with Crippen LogP contribution in [0, 0.1) is 0 Å². The number of hydrogen-bond acceptors (Lipinski definition) is 4. The molecule has 5 nitrogen and oxygen atoms in total. The highest BCUT2D eigenvalue weighted by Crippen LogP contribution is 2.42. The summed E-state index contributed by atoms with van der Waals surface area (Å²) in [5.74, 6) is -0.590. The van der Waals surface area contributed by atoms with Crippen molar-refractivity contribution < 1.29 is 22.8 Å². The van der Waals surface area contributed by atoms with E-state index < -0.39 is 11.7 Å². The Labute approximate surface area is 213 Å². The number of benzene rings is 2. The van der Waals surface area contributed by atoms with Crippen LogP contribution in [0.1, 0.15) is 43.2 Å². The van der Waals surface area contributed by atoms with Gasteiger partial charge in [-0.25, -0.2) is 0 Å². The molecule has 0 spiro atoms. The van der Waals surface area contributed by atoms with Crippen molar-refractivity contribution in [1.29, 1.82) is 0 Å². The predicted octanol–water partition coefficient (Wildman–Crippen LogP) is 5.57. The van der Waals surface area contributed by atoms with Gasteiger partial charge < -0.3 is 10.2 Å². The number of carbonyl (C=O) groups is 2. The lowest BCUT2D eigenvalue weighted by Gasteiger charge is -2.30. The quantitative estimate of drug-likeness (QED) is 0.386. The third kappa shape index (κ3) is 6.91. The topological polar surface area (TPSA) is 52.7 Å². The van der Waals surface area contributed by atoms with Gasteiger partial charge in [0.25, 0.3) is 5.91 Å². The first kappa shape index (κ1) is 26.3. The van der Waals surface area contributed by atoms with Gasteiger partial charge in [0.15, 0.2) is 0 Å². The van der Waals surface area contributed by atoms with E-state index in [1.165, 1.54) is 54.5 Å². The molecular weight excluding hydrogens is 487 g/mol. The molecule has 192 valence electrons. The van der Waals surface area contributed by atoms with Crippen molar-refractivity contribution in [3.63, 3.8) is 0 Å². The van der Waals surface area contributed by atoms with Crippen molar-refractivity contribution >= 4 is 35.3 Å². The summed E-state index contributed by atoms with van der Waals surface area (Å²) in [6, 6.07) is 12.0. The maximum Gasteiger partial charge on any atom is 0.416 e. The molecule has 2 aromatic rings. The van der Waals surface area contributed by atoms with Gasteiger partial charge in [0.1, 0.15) is 6.54 Å². The molecule has 2 aliphatic heterocycles. The van der Waals surface area contributed by atoms with Crippen LogP contribution >= 0.6 is 11.8 Å². The van der Waals surface area contributed by atoms with Crippen molar-refractivity contribution in [2.24, 2.45) is 0 Å². The molecule has 2 aliphatic rings. The van der Waals surface area contributed by atoms with E-state index in [0.717, 1.165) is 43.1 Å². The molecule has 0 bridgehead atoms. The van der Waals surface area contributed by atoms with Gasteiger partial charge in [0.05, 0.1) is 16.2 Å². The maximum atomic E-state index is 13.3. The molecule has 4 rings (SSSR count). The summed E-state index contributed by atoms with van der Waals surface area (Å²) < 4.78 is 38.6. The van der Waals surface area contributed by atoms with Crippen molar-refractivity contribution in [2.75, 3.05) is 37.6 Å². The monoisotopic (exact) mass is 517 g/mol. The van der Waals surface area contributed by atoms with Crippen LogP contribution in [-0.2, 0) is 15.8 Å². The lowest BCUT2D eigenvalue weighted by molar-refractivity contribution is -0.137. The fourth-order valence-corrected chi connectivity index (χ4v) is 5.49. The Bertz CT molecular complexity index is 1090. The molecule has 1 fully saturated rings. The van der Waals surface area contributed by atoms with Crippen LogP contribution in [0.5, 0.6) is 0 Å². The van der Waals surface area contributed by atoms with E-state index in [0.29, 0.717) is 22.7 Å². The number of thioether (sulfide) groups is 1. The number of nitrogens with one attached hydrogen (secondary N) is 1. The molecule has 1 saturated heterocycles. The number of likely N-dealkylation sites (tertiary alicyclic amines) is 1. The van der Waals surface area contributed by atoms with Gasteiger partial charge in [-0.2, -0.15) is 13.2 Å². The van der Waals surface area contributed by atoms with Gasteiger partial charge >= 0.3 is 6.18 Å². The number of amides is 2. The van der Waals surface area contributed by atoms with Crippen molar-refractivity contribution in [2.45, 2.75) is 43.2 Å². The Balaban J connectivity index is 1.40. The highest BCUT2D eigenvalue weighted by molar-refractivity contribution is 8.04. The third-order valence-electron chi connectivity index (χ3n) is 6.34. The number of carbonyl (C=O) groups excluding carboxylic acids is 2. The normalized spacial score (nSPS) is 18.1. The lowest BCUT2D eigenvalue weighted by atomic mass is 10.1. The Morgan fingerprint density at radius 2 is 1.69 bits per heavy atom. The number of alkyl halides is 3. The Kier molecular flexibility index (Phi) is 8.74. The first-order valence-electron chi connectivity index (χ1n) is 12.3. The molecule has 2 aromatic carbocycles. The molecular formula is C27H30F3N3O2S. The second kappa shape index (κ2) is 12.0. The van der Waals surface area contributed by atoms with Crippen LogP contribution in [0.25, 0.3) is 6.08 Å². The Morgan fingerprint density at radius 3 is 2.39 bits per heavy atom. The number of anilines is 1. The highest BCUT2D eigenvalue weighted by atomic mass is 32.2. The van der Waals surface area contributed by atoms with E-state index in [1.54, 1.807) is 12.1 Å². The second-order valence-corrected chi connectivity index (χ2v) is 10.1.